The van der Waals surface area contributed by atoms with Crippen molar-refractivity contribution in [2.75, 3.05) is 20.3 Å². The number of hydrogen-bond acceptors (Lipinski definition) is 2. The first-order valence-corrected chi connectivity index (χ1v) is 6.65. The Morgan fingerprint density at radius 2 is 1.82 bits per heavy atom. The highest BCUT2D eigenvalue weighted by Crippen LogP contribution is 2.17. The molecule has 1 unspecified atom stereocenters. The Bertz CT molecular complexity index is 294. The molecule has 0 radical (unpaired) electrons. The summed E-state index contributed by atoms with van der Waals surface area (Å²) in [5, 5.41) is 3.35. The molecule has 96 valence electrons. The van der Waals surface area contributed by atoms with E-state index in [2.05, 4.69) is 43.4 Å². The Balaban J connectivity index is 2.47. The molecule has 1 atom stereocenters. The normalized spacial score (nSPS) is 12.6. The van der Waals surface area contributed by atoms with Gasteiger partial charge in [-0.3, -0.25) is 0 Å². The summed E-state index contributed by atoms with van der Waals surface area (Å²) in [5.41, 5.74) is 2.75. The minimum Gasteiger partial charge on any atom is -0.381 e. The maximum Gasteiger partial charge on any atom is 0.0484 e. The Hall–Kier alpha value is -0.860. The highest BCUT2D eigenvalue weighted by atomic mass is 16.5. The van der Waals surface area contributed by atoms with Crippen LogP contribution < -0.4 is 5.32 Å². The molecule has 0 saturated heterocycles. The Morgan fingerprint density at radius 1 is 1.12 bits per heavy atom. The van der Waals surface area contributed by atoms with E-state index in [1.807, 2.05) is 7.05 Å². The predicted molar refractivity (Wildman–Crippen MR) is 73.3 cm³/mol. The number of aryl methyl sites for hydroxylation is 1. The number of hydrogen-bond donors (Lipinski definition) is 1. The van der Waals surface area contributed by atoms with Crippen LogP contribution in [0.2, 0.25) is 0 Å². The molecule has 1 N–H and O–H groups in total. The average Bonchev–Trinajstić information content (AvgIpc) is 2.39. The van der Waals surface area contributed by atoms with Crippen LogP contribution >= 0.6 is 0 Å². The first-order valence-electron chi connectivity index (χ1n) is 6.65. The highest BCUT2D eigenvalue weighted by molar-refractivity contribution is 5.24. The molecule has 0 spiro atoms. The van der Waals surface area contributed by atoms with Crippen molar-refractivity contribution in [1.82, 2.24) is 5.32 Å². The highest BCUT2D eigenvalue weighted by Gasteiger charge is 2.08. The topological polar surface area (TPSA) is 21.3 Å². The molecular weight excluding hydrogens is 210 g/mol. The lowest BCUT2D eigenvalue weighted by Gasteiger charge is -2.17. The van der Waals surface area contributed by atoms with Gasteiger partial charge in [-0.25, -0.2) is 0 Å². The van der Waals surface area contributed by atoms with Gasteiger partial charge in [0.05, 0.1) is 0 Å². The standard InChI is InChI=1S/C15H25NO/c1-4-11-17-12-10-15(16-3)14-8-6-13(5-2)7-9-14/h6-9,15-16H,4-5,10-12H2,1-3H3. The first kappa shape index (κ1) is 14.2. The summed E-state index contributed by atoms with van der Waals surface area (Å²) in [6, 6.07) is 9.27. The van der Waals surface area contributed by atoms with Gasteiger partial charge in [-0.1, -0.05) is 38.1 Å². The van der Waals surface area contributed by atoms with E-state index in [0.717, 1.165) is 32.5 Å². The molecular formula is C15H25NO. The zero-order valence-electron chi connectivity index (χ0n) is 11.3. The van der Waals surface area contributed by atoms with E-state index < -0.39 is 0 Å². The van der Waals surface area contributed by atoms with Gasteiger partial charge in [-0.2, -0.15) is 0 Å². The zero-order valence-corrected chi connectivity index (χ0v) is 11.3. The molecule has 0 heterocycles. The molecule has 0 aliphatic rings. The van der Waals surface area contributed by atoms with E-state index in [1.165, 1.54) is 11.1 Å². The number of benzene rings is 1. The SMILES string of the molecule is CCCOCCC(NC)c1ccc(CC)cc1. The smallest absolute Gasteiger partial charge is 0.0484 e. The summed E-state index contributed by atoms with van der Waals surface area (Å²) in [5.74, 6) is 0. The van der Waals surface area contributed by atoms with Gasteiger partial charge in [0.2, 0.25) is 0 Å². The summed E-state index contributed by atoms with van der Waals surface area (Å²) in [4.78, 5) is 0. The van der Waals surface area contributed by atoms with Crippen LogP contribution in [0.25, 0.3) is 0 Å². The van der Waals surface area contributed by atoms with E-state index in [-0.39, 0.29) is 0 Å². The second-order valence-corrected chi connectivity index (χ2v) is 4.34. The quantitative estimate of drug-likeness (QED) is 0.698. The van der Waals surface area contributed by atoms with Gasteiger partial charge < -0.3 is 10.1 Å². The largest absolute Gasteiger partial charge is 0.381 e. The lowest BCUT2D eigenvalue weighted by molar-refractivity contribution is 0.125. The van der Waals surface area contributed by atoms with Gasteiger partial charge >= 0.3 is 0 Å². The van der Waals surface area contributed by atoms with Crippen LogP contribution in [0.4, 0.5) is 0 Å². The second kappa shape index (κ2) is 8.26. The molecule has 0 fully saturated rings. The van der Waals surface area contributed by atoms with Crippen LogP contribution in [0, 0.1) is 0 Å². The van der Waals surface area contributed by atoms with E-state index in [9.17, 15) is 0 Å². The van der Waals surface area contributed by atoms with Crippen molar-refractivity contribution in [1.29, 1.82) is 0 Å². The molecule has 1 rings (SSSR count). The number of rotatable bonds is 8. The van der Waals surface area contributed by atoms with Crippen molar-refractivity contribution >= 4 is 0 Å². The third-order valence-electron chi connectivity index (χ3n) is 3.04. The van der Waals surface area contributed by atoms with Crippen molar-refractivity contribution in [3.05, 3.63) is 35.4 Å². The fourth-order valence-corrected chi connectivity index (χ4v) is 1.91. The summed E-state index contributed by atoms with van der Waals surface area (Å²) in [6.07, 6.45) is 3.22. The molecule has 0 aromatic heterocycles. The van der Waals surface area contributed by atoms with Gasteiger partial charge in [0.1, 0.15) is 0 Å². The molecule has 1 aromatic carbocycles. The minimum atomic E-state index is 0.401. The monoisotopic (exact) mass is 235 g/mol. The van der Waals surface area contributed by atoms with Crippen molar-refractivity contribution in [3.8, 4) is 0 Å². The van der Waals surface area contributed by atoms with Gasteiger partial charge in [0, 0.05) is 19.3 Å². The summed E-state index contributed by atoms with van der Waals surface area (Å²) in [7, 11) is 2.01. The van der Waals surface area contributed by atoms with Crippen molar-refractivity contribution in [2.24, 2.45) is 0 Å². The maximum absolute atomic E-state index is 5.54. The fourth-order valence-electron chi connectivity index (χ4n) is 1.91. The van der Waals surface area contributed by atoms with Crippen LogP contribution in [0.1, 0.15) is 43.9 Å². The van der Waals surface area contributed by atoms with Gasteiger partial charge in [-0.15, -0.1) is 0 Å². The van der Waals surface area contributed by atoms with Crippen molar-refractivity contribution in [3.63, 3.8) is 0 Å². The Labute approximate surface area is 105 Å². The lowest BCUT2D eigenvalue weighted by Crippen LogP contribution is -2.18. The molecule has 0 amide bonds. The van der Waals surface area contributed by atoms with E-state index in [1.54, 1.807) is 0 Å². The van der Waals surface area contributed by atoms with Gasteiger partial charge in [0.25, 0.3) is 0 Å². The van der Waals surface area contributed by atoms with E-state index in [0.29, 0.717) is 6.04 Å². The third kappa shape index (κ3) is 4.88. The van der Waals surface area contributed by atoms with Crippen LogP contribution in [0.5, 0.6) is 0 Å². The summed E-state index contributed by atoms with van der Waals surface area (Å²) < 4.78 is 5.54. The predicted octanol–water partition coefficient (Wildman–Crippen LogP) is 3.33. The van der Waals surface area contributed by atoms with Gasteiger partial charge in [-0.05, 0) is 37.4 Å². The maximum atomic E-state index is 5.54. The number of ether oxygens (including phenoxy) is 1. The minimum absolute atomic E-state index is 0.401. The number of nitrogens with one attached hydrogen (secondary N) is 1. The Kier molecular flexibility index (Phi) is 6.90. The molecule has 0 saturated carbocycles. The lowest BCUT2D eigenvalue weighted by atomic mass is 10.0. The molecule has 0 aliphatic carbocycles. The average molecular weight is 235 g/mol. The van der Waals surface area contributed by atoms with Gasteiger partial charge in [0.15, 0.2) is 0 Å². The summed E-state index contributed by atoms with van der Waals surface area (Å²) in [6.45, 7) is 6.02. The third-order valence-corrected chi connectivity index (χ3v) is 3.04. The molecule has 1 aromatic rings. The van der Waals surface area contributed by atoms with Crippen LogP contribution in [0.15, 0.2) is 24.3 Å². The summed E-state index contributed by atoms with van der Waals surface area (Å²) >= 11 is 0. The molecule has 2 nitrogen and oxygen atoms in total. The van der Waals surface area contributed by atoms with Crippen LogP contribution in [0.3, 0.4) is 0 Å². The van der Waals surface area contributed by atoms with Crippen molar-refractivity contribution in [2.45, 2.75) is 39.2 Å². The fraction of sp³-hybridized carbons (Fsp3) is 0.600. The van der Waals surface area contributed by atoms with Crippen molar-refractivity contribution < 1.29 is 4.74 Å². The molecule has 17 heavy (non-hydrogen) atoms. The Morgan fingerprint density at radius 3 is 2.35 bits per heavy atom. The first-order chi connectivity index (χ1) is 8.31. The van der Waals surface area contributed by atoms with E-state index in [4.69, 9.17) is 4.74 Å². The second-order valence-electron chi connectivity index (χ2n) is 4.34. The van der Waals surface area contributed by atoms with Crippen LogP contribution in [-0.2, 0) is 11.2 Å². The zero-order chi connectivity index (χ0) is 12.5. The molecule has 2 heteroatoms. The molecule has 0 bridgehead atoms. The van der Waals surface area contributed by atoms with E-state index >= 15 is 0 Å². The van der Waals surface area contributed by atoms with Crippen LogP contribution in [-0.4, -0.2) is 20.3 Å². The molecule has 0 aliphatic heterocycles.